The predicted molar refractivity (Wildman–Crippen MR) is 67.9 cm³/mol. The molecule has 2 atom stereocenters. The van der Waals surface area contributed by atoms with Crippen molar-refractivity contribution >= 4 is 0 Å². The van der Waals surface area contributed by atoms with E-state index in [1.807, 2.05) is 0 Å². The molecule has 1 aliphatic rings. The maximum Gasteiger partial charge on any atom is 0.0704 e. The van der Waals surface area contributed by atoms with Crippen LogP contribution in [0.2, 0.25) is 0 Å². The second-order valence-electron chi connectivity index (χ2n) is 5.08. The van der Waals surface area contributed by atoms with Crippen molar-refractivity contribution in [3.63, 3.8) is 0 Å². The van der Waals surface area contributed by atoms with Gasteiger partial charge in [0.1, 0.15) is 0 Å². The van der Waals surface area contributed by atoms with Crippen molar-refractivity contribution in [1.82, 2.24) is 0 Å². The van der Waals surface area contributed by atoms with Crippen molar-refractivity contribution in [1.29, 1.82) is 0 Å². The summed E-state index contributed by atoms with van der Waals surface area (Å²) >= 11 is 0. The lowest BCUT2D eigenvalue weighted by atomic mass is 9.81. The molecule has 0 heterocycles. The molecule has 102 valence electrons. The molecular weight excluding hydrogens is 218 g/mol. The van der Waals surface area contributed by atoms with Gasteiger partial charge in [0.15, 0.2) is 0 Å². The predicted octanol–water partition coefficient (Wildman–Crippen LogP) is 1.45. The molecule has 4 nitrogen and oxygen atoms in total. The Morgan fingerprint density at radius 2 is 2.18 bits per heavy atom. The van der Waals surface area contributed by atoms with Gasteiger partial charge in [-0.3, -0.25) is 0 Å². The third kappa shape index (κ3) is 5.82. The molecule has 0 saturated heterocycles. The van der Waals surface area contributed by atoms with Crippen LogP contribution in [0, 0.1) is 0 Å². The SMILES string of the molecule is CCCCOCCOC1CCCC(N)(CO)C1. The van der Waals surface area contributed by atoms with Gasteiger partial charge in [-0.05, 0) is 32.1 Å². The number of aliphatic hydroxyl groups is 1. The van der Waals surface area contributed by atoms with Crippen molar-refractivity contribution in [2.75, 3.05) is 26.4 Å². The molecule has 1 fully saturated rings. The van der Waals surface area contributed by atoms with Crippen LogP contribution in [0.5, 0.6) is 0 Å². The van der Waals surface area contributed by atoms with E-state index in [0.717, 1.165) is 45.1 Å². The van der Waals surface area contributed by atoms with Gasteiger partial charge in [0.25, 0.3) is 0 Å². The fourth-order valence-electron chi connectivity index (χ4n) is 2.25. The lowest BCUT2D eigenvalue weighted by Crippen LogP contribution is -2.49. The van der Waals surface area contributed by atoms with Gasteiger partial charge >= 0.3 is 0 Å². The summed E-state index contributed by atoms with van der Waals surface area (Å²) in [4.78, 5) is 0. The van der Waals surface area contributed by atoms with Crippen LogP contribution in [-0.4, -0.2) is 43.2 Å². The largest absolute Gasteiger partial charge is 0.394 e. The van der Waals surface area contributed by atoms with E-state index in [1.165, 1.54) is 0 Å². The highest BCUT2D eigenvalue weighted by Gasteiger charge is 2.32. The number of hydrogen-bond donors (Lipinski definition) is 2. The molecule has 0 aromatic rings. The Labute approximate surface area is 104 Å². The van der Waals surface area contributed by atoms with E-state index in [0.29, 0.717) is 13.2 Å². The van der Waals surface area contributed by atoms with E-state index < -0.39 is 5.54 Å². The van der Waals surface area contributed by atoms with Crippen LogP contribution in [0.15, 0.2) is 0 Å². The Morgan fingerprint density at radius 1 is 1.35 bits per heavy atom. The van der Waals surface area contributed by atoms with Crippen LogP contribution in [0.3, 0.4) is 0 Å². The Morgan fingerprint density at radius 3 is 2.88 bits per heavy atom. The van der Waals surface area contributed by atoms with E-state index in [1.54, 1.807) is 0 Å². The number of aliphatic hydroxyl groups excluding tert-OH is 1. The van der Waals surface area contributed by atoms with Gasteiger partial charge in [0, 0.05) is 12.1 Å². The van der Waals surface area contributed by atoms with E-state index in [-0.39, 0.29) is 12.7 Å². The Balaban J connectivity index is 2.06. The zero-order valence-electron chi connectivity index (χ0n) is 11.0. The lowest BCUT2D eigenvalue weighted by Gasteiger charge is -2.36. The lowest BCUT2D eigenvalue weighted by molar-refractivity contribution is -0.0310. The summed E-state index contributed by atoms with van der Waals surface area (Å²) in [6.45, 7) is 4.32. The maximum absolute atomic E-state index is 9.23. The van der Waals surface area contributed by atoms with Gasteiger partial charge in [0.05, 0.1) is 25.9 Å². The topological polar surface area (TPSA) is 64.7 Å². The zero-order valence-corrected chi connectivity index (χ0v) is 11.0. The number of hydrogen-bond acceptors (Lipinski definition) is 4. The van der Waals surface area contributed by atoms with Crippen molar-refractivity contribution in [3.8, 4) is 0 Å². The van der Waals surface area contributed by atoms with E-state index in [9.17, 15) is 5.11 Å². The molecule has 0 aromatic heterocycles. The second kappa shape index (κ2) is 8.03. The molecule has 1 rings (SSSR count). The van der Waals surface area contributed by atoms with Gasteiger partial charge in [-0.15, -0.1) is 0 Å². The van der Waals surface area contributed by atoms with E-state index in [2.05, 4.69) is 6.92 Å². The first-order chi connectivity index (χ1) is 8.20. The van der Waals surface area contributed by atoms with Crippen LogP contribution in [0.4, 0.5) is 0 Å². The van der Waals surface area contributed by atoms with Crippen LogP contribution < -0.4 is 5.73 Å². The second-order valence-corrected chi connectivity index (χ2v) is 5.08. The smallest absolute Gasteiger partial charge is 0.0704 e. The molecule has 0 amide bonds. The number of ether oxygens (including phenoxy) is 2. The van der Waals surface area contributed by atoms with Gasteiger partial charge in [-0.25, -0.2) is 0 Å². The molecule has 2 unspecified atom stereocenters. The summed E-state index contributed by atoms with van der Waals surface area (Å²) in [6, 6.07) is 0. The summed E-state index contributed by atoms with van der Waals surface area (Å²) in [5, 5.41) is 9.23. The molecule has 17 heavy (non-hydrogen) atoms. The average Bonchev–Trinajstić information content (AvgIpc) is 2.34. The van der Waals surface area contributed by atoms with Crippen LogP contribution in [0.1, 0.15) is 45.4 Å². The molecule has 4 heteroatoms. The normalized spacial score (nSPS) is 29.5. The number of rotatable bonds is 8. The highest BCUT2D eigenvalue weighted by molar-refractivity contribution is 4.90. The molecule has 3 N–H and O–H groups in total. The zero-order chi connectivity index (χ0) is 12.6. The third-order valence-corrected chi connectivity index (χ3v) is 3.37. The van der Waals surface area contributed by atoms with Crippen molar-refractivity contribution in [3.05, 3.63) is 0 Å². The first kappa shape index (κ1) is 14.9. The molecule has 0 radical (unpaired) electrons. The molecule has 0 aliphatic heterocycles. The average molecular weight is 245 g/mol. The quantitative estimate of drug-likeness (QED) is 0.635. The minimum atomic E-state index is -0.425. The van der Waals surface area contributed by atoms with Crippen LogP contribution >= 0.6 is 0 Å². The standard InChI is InChI=1S/C13H27NO3/c1-2-3-7-16-8-9-17-12-5-4-6-13(14,10-12)11-15/h12,15H,2-11,14H2,1H3. The van der Waals surface area contributed by atoms with Crippen molar-refractivity contribution in [2.45, 2.75) is 57.1 Å². The fraction of sp³-hybridized carbons (Fsp3) is 1.00. The van der Waals surface area contributed by atoms with Gasteiger partial charge in [0.2, 0.25) is 0 Å². The minimum absolute atomic E-state index is 0.0554. The van der Waals surface area contributed by atoms with Crippen LogP contribution in [0.25, 0.3) is 0 Å². The molecule has 0 aromatic carbocycles. The highest BCUT2D eigenvalue weighted by Crippen LogP contribution is 2.27. The maximum atomic E-state index is 9.23. The molecule has 1 saturated carbocycles. The van der Waals surface area contributed by atoms with Crippen molar-refractivity contribution < 1.29 is 14.6 Å². The fourth-order valence-corrected chi connectivity index (χ4v) is 2.25. The first-order valence-corrected chi connectivity index (χ1v) is 6.79. The van der Waals surface area contributed by atoms with Crippen molar-refractivity contribution in [2.24, 2.45) is 5.73 Å². The Kier molecular flexibility index (Phi) is 7.04. The van der Waals surface area contributed by atoms with E-state index >= 15 is 0 Å². The Hall–Kier alpha value is -0.160. The Bertz CT molecular complexity index is 201. The van der Waals surface area contributed by atoms with Gasteiger partial charge in [-0.2, -0.15) is 0 Å². The summed E-state index contributed by atoms with van der Waals surface area (Å²) < 4.78 is 11.2. The molecule has 1 aliphatic carbocycles. The molecule has 0 spiro atoms. The molecule has 0 bridgehead atoms. The van der Waals surface area contributed by atoms with Crippen LogP contribution in [-0.2, 0) is 9.47 Å². The first-order valence-electron chi connectivity index (χ1n) is 6.79. The minimum Gasteiger partial charge on any atom is -0.394 e. The highest BCUT2D eigenvalue weighted by atomic mass is 16.5. The monoisotopic (exact) mass is 245 g/mol. The summed E-state index contributed by atoms with van der Waals surface area (Å²) in [5.74, 6) is 0. The van der Waals surface area contributed by atoms with E-state index in [4.69, 9.17) is 15.2 Å². The van der Waals surface area contributed by atoms with Gasteiger partial charge < -0.3 is 20.3 Å². The third-order valence-electron chi connectivity index (χ3n) is 3.37. The summed E-state index contributed by atoms with van der Waals surface area (Å²) in [5.41, 5.74) is 5.63. The van der Waals surface area contributed by atoms with Gasteiger partial charge in [-0.1, -0.05) is 13.3 Å². The molecular formula is C13H27NO3. The summed E-state index contributed by atoms with van der Waals surface area (Å²) in [7, 11) is 0. The number of unbranched alkanes of at least 4 members (excludes halogenated alkanes) is 1. The number of nitrogens with two attached hydrogens (primary N) is 1. The summed E-state index contributed by atoms with van der Waals surface area (Å²) in [6.07, 6.45) is 6.21.